The predicted octanol–water partition coefficient (Wildman–Crippen LogP) is 4.94. The van der Waals surface area contributed by atoms with Crippen molar-refractivity contribution in [2.45, 2.75) is 20.0 Å². The van der Waals surface area contributed by atoms with Crippen LogP contribution < -0.4 is 0 Å². The molecule has 2 rings (SSSR count). The van der Waals surface area contributed by atoms with E-state index in [0.29, 0.717) is 10.6 Å². The normalized spacial score (nSPS) is 12.5. The molecule has 0 aliphatic carbocycles. The molecule has 19 heavy (non-hydrogen) atoms. The van der Waals surface area contributed by atoms with Gasteiger partial charge in [-0.2, -0.15) is 0 Å². The maximum Gasteiger partial charge on any atom is 0.130 e. The van der Waals surface area contributed by atoms with Gasteiger partial charge in [0.2, 0.25) is 0 Å². The highest BCUT2D eigenvalue weighted by Gasteiger charge is 2.16. The molecular formula is C15H13BrClFO. The van der Waals surface area contributed by atoms with Crippen LogP contribution >= 0.6 is 27.5 Å². The number of aryl methyl sites for hydroxylation is 2. The lowest BCUT2D eigenvalue weighted by Crippen LogP contribution is -2.03. The Kier molecular flexibility index (Phi) is 4.29. The van der Waals surface area contributed by atoms with Crippen molar-refractivity contribution in [2.24, 2.45) is 0 Å². The van der Waals surface area contributed by atoms with Gasteiger partial charge < -0.3 is 5.11 Å². The standard InChI is InChI=1S/C15H13BrClFO/c1-8-5-10(6-9(2)14(8)16)15(19)12-4-3-11(17)7-13(12)18/h3-7,15,19H,1-2H3. The third-order valence-electron chi connectivity index (χ3n) is 3.03. The molecule has 0 spiro atoms. The van der Waals surface area contributed by atoms with Gasteiger partial charge in [-0.25, -0.2) is 4.39 Å². The van der Waals surface area contributed by atoms with Crippen molar-refractivity contribution in [3.63, 3.8) is 0 Å². The average molecular weight is 344 g/mol. The number of benzene rings is 2. The fourth-order valence-corrected chi connectivity index (χ4v) is 2.43. The first-order valence-electron chi connectivity index (χ1n) is 5.80. The van der Waals surface area contributed by atoms with Crippen LogP contribution in [0.3, 0.4) is 0 Å². The van der Waals surface area contributed by atoms with Gasteiger partial charge in [-0.15, -0.1) is 0 Å². The van der Waals surface area contributed by atoms with Gasteiger partial charge in [-0.3, -0.25) is 0 Å². The second-order valence-corrected chi connectivity index (χ2v) is 5.77. The molecule has 1 unspecified atom stereocenters. The van der Waals surface area contributed by atoms with Gasteiger partial charge in [-0.05, 0) is 42.7 Å². The quantitative estimate of drug-likeness (QED) is 0.819. The maximum atomic E-state index is 13.8. The summed E-state index contributed by atoms with van der Waals surface area (Å²) in [6.45, 7) is 3.87. The fourth-order valence-electron chi connectivity index (χ4n) is 2.04. The molecule has 0 saturated carbocycles. The highest BCUT2D eigenvalue weighted by molar-refractivity contribution is 9.10. The molecule has 1 N–H and O–H groups in total. The summed E-state index contributed by atoms with van der Waals surface area (Å²) in [5, 5.41) is 10.6. The largest absolute Gasteiger partial charge is 0.384 e. The Morgan fingerprint density at radius 1 is 1.16 bits per heavy atom. The number of rotatable bonds is 2. The number of hydrogen-bond acceptors (Lipinski definition) is 1. The summed E-state index contributed by atoms with van der Waals surface area (Å²) in [5.74, 6) is -0.502. The summed E-state index contributed by atoms with van der Waals surface area (Å²) in [5.41, 5.74) is 2.90. The van der Waals surface area contributed by atoms with E-state index in [9.17, 15) is 9.50 Å². The van der Waals surface area contributed by atoms with Crippen molar-refractivity contribution in [1.29, 1.82) is 0 Å². The number of halogens is 3. The Balaban J connectivity index is 2.47. The third kappa shape index (κ3) is 2.99. The highest BCUT2D eigenvalue weighted by Crippen LogP contribution is 2.30. The van der Waals surface area contributed by atoms with E-state index in [1.807, 2.05) is 26.0 Å². The Hall–Kier alpha value is -0.900. The molecule has 0 aliphatic heterocycles. The van der Waals surface area contributed by atoms with Gasteiger partial charge in [0.05, 0.1) is 0 Å². The maximum absolute atomic E-state index is 13.8. The molecule has 0 fully saturated rings. The van der Waals surface area contributed by atoms with E-state index in [1.54, 1.807) is 6.07 Å². The first-order valence-corrected chi connectivity index (χ1v) is 6.97. The minimum absolute atomic E-state index is 0.227. The van der Waals surface area contributed by atoms with Crippen molar-refractivity contribution < 1.29 is 9.50 Å². The van der Waals surface area contributed by atoms with Crippen LogP contribution in [0.25, 0.3) is 0 Å². The molecule has 0 heterocycles. The van der Waals surface area contributed by atoms with Gasteiger partial charge in [0, 0.05) is 15.1 Å². The van der Waals surface area contributed by atoms with E-state index < -0.39 is 11.9 Å². The van der Waals surface area contributed by atoms with E-state index in [2.05, 4.69) is 15.9 Å². The van der Waals surface area contributed by atoms with Crippen LogP contribution in [0, 0.1) is 19.7 Å². The monoisotopic (exact) mass is 342 g/mol. The zero-order valence-corrected chi connectivity index (χ0v) is 12.9. The molecule has 0 aliphatic rings. The molecule has 1 atom stereocenters. The van der Waals surface area contributed by atoms with Crippen LogP contribution in [0.1, 0.15) is 28.4 Å². The van der Waals surface area contributed by atoms with Crippen molar-refractivity contribution >= 4 is 27.5 Å². The smallest absolute Gasteiger partial charge is 0.130 e. The molecule has 4 heteroatoms. The number of aliphatic hydroxyl groups is 1. The molecule has 1 nitrogen and oxygen atoms in total. The molecule has 0 radical (unpaired) electrons. The molecule has 0 aromatic heterocycles. The van der Waals surface area contributed by atoms with Gasteiger partial charge >= 0.3 is 0 Å². The summed E-state index contributed by atoms with van der Waals surface area (Å²) in [6, 6.07) is 7.97. The molecule has 0 amide bonds. The van der Waals surface area contributed by atoms with Crippen LogP contribution in [-0.4, -0.2) is 5.11 Å². The van der Waals surface area contributed by atoms with Gasteiger partial charge in [0.1, 0.15) is 11.9 Å². The second kappa shape index (κ2) is 5.61. The summed E-state index contributed by atoms with van der Waals surface area (Å²) < 4.78 is 14.8. The lowest BCUT2D eigenvalue weighted by molar-refractivity contribution is 0.215. The summed E-state index contributed by atoms with van der Waals surface area (Å²) in [7, 11) is 0. The van der Waals surface area contributed by atoms with Crippen LogP contribution in [0.4, 0.5) is 4.39 Å². The zero-order chi connectivity index (χ0) is 14.2. The minimum Gasteiger partial charge on any atom is -0.384 e. The van der Waals surface area contributed by atoms with E-state index in [-0.39, 0.29) is 5.56 Å². The van der Waals surface area contributed by atoms with Crippen molar-refractivity contribution in [3.05, 3.63) is 67.9 Å². The molecule has 0 saturated heterocycles. The van der Waals surface area contributed by atoms with Crippen LogP contribution in [0.5, 0.6) is 0 Å². The average Bonchev–Trinajstić information content (AvgIpc) is 2.34. The predicted molar refractivity (Wildman–Crippen MR) is 79.1 cm³/mol. The molecular weight excluding hydrogens is 331 g/mol. The van der Waals surface area contributed by atoms with E-state index in [1.165, 1.54) is 12.1 Å². The molecule has 2 aromatic rings. The fraction of sp³-hybridized carbons (Fsp3) is 0.200. The molecule has 0 bridgehead atoms. The summed E-state index contributed by atoms with van der Waals surface area (Å²) in [4.78, 5) is 0. The lowest BCUT2D eigenvalue weighted by Gasteiger charge is -2.15. The van der Waals surface area contributed by atoms with Crippen LogP contribution in [0.2, 0.25) is 5.02 Å². The van der Waals surface area contributed by atoms with Crippen LogP contribution in [0.15, 0.2) is 34.8 Å². The van der Waals surface area contributed by atoms with E-state index in [4.69, 9.17) is 11.6 Å². The Labute approximate surface area is 125 Å². The summed E-state index contributed by atoms with van der Waals surface area (Å²) in [6.07, 6.45) is -0.997. The number of hydrogen-bond donors (Lipinski definition) is 1. The SMILES string of the molecule is Cc1cc(C(O)c2ccc(Cl)cc2F)cc(C)c1Br. The summed E-state index contributed by atoms with van der Waals surface area (Å²) >= 11 is 9.18. The first kappa shape index (κ1) is 14.5. The second-order valence-electron chi connectivity index (χ2n) is 4.54. The topological polar surface area (TPSA) is 20.2 Å². The minimum atomic E-state index is -0.997. The Morgan fingerprint density at radius 3 is 2.26 bits per heavy atom. The van der Waals surface area contributed by atoms with E-state index >= 15 is 0 Å². The van der Waals surface area contributed by atoms with Gasteiger partial charge in [0.15, 0.2) is 0 Å². The third-order valence-corrected chi connectivity index (χ3v) is 4.52. The highest BCUT2D eigenvalue weighted by atomic mass is 79.9. The Morgan fingerprint density at radius 2 is 1.74 bits per heavy atom. The molecule has 2 aromatic carbocycles. The van der Waals surface area contributed by atoms with Crippen molar-refractivity contribution in [1.82, 2.24) is 0 Å². The van der Waals surface area contributed by atoms with Crippen molar-refractivity contribution in [3.8, 4) is 0 Å². The number of aliphatic hydroxyl groups excluding tert-OH is 1. The first-order chi connectivity index (χ1) is 8.90. The molecule has 100 valence electrons. The lowest BCUT2D eigenvalue weighted by atomic mass is 9.97. The zero-order valence-electron chi connectivity index (χ0n) is 10.5. The van der Waals surface area contributed by atoms with Crippen LogP contribution in [-0.2, 0) is 0 Å². The van der Waals surface area contributed by atoms with Gasteiger partial charge in [-0.1, -0.05) is 45.7 Å². The van der Waals surface area contributed by atoms with Gasteiger partial charge in [0.25, 0.3) is 0 Å². The van der Waals surface area contributed by atoms with E-state index in [0.717, 1.165) is 15.6 Å². The Bertz CT molecular complexity index is 605. The van der Waals surface area contributed by atoms with Crippen molar-refractivity contribution in [2.75, 3.05) is 0 Å².